The van der Waals surface area contributed by atoms with Crippen molar-refractivity contribution in [2.45, 2.75) is 13.5 Å². The zero-order valence-electron chi connectivity index (χ0n) is 16.2. The van der Waals surface area contributed by atoms with Crippen LogP contribution in [0.4, 0.5) is 10.3 Å². The Hall–Kier alpha value is -3.58. The second-order valence-electron chi connectivity index (χ2n) is 6.69. The van der Waals surface area contributed by atoms with Crippen LogP contribution in [0, 0.1) is 12.7 Å². The maximum absolute atomic E-state index is 13.1. The molecule has 1 N–H and O–H groups in total. The minimum Gasteiger partial charge on any atom is -0.349 e. The second kappa shape index (κ2) is 8.84. The van der Waals surface area contributed by atoms with E-state index in [4.69, 9.17) is 0 Å². The Balaban J connectivity index is 1.62. The Bertz CT molecular complexity index is 1160. The van der Waals surface area contributed by atoms with Gasteiger partial charge >= 0.3 is 0 Å². The van der Waals surface area contributed by atoms with Gasteiger partial charge in [0.25, 0.3) is 5.91 Å². The van der Waals surface area contributed by atoms with E-state index in [1.807, 2.05) is 48.7 Å². The minimum absolute atomic E-state index is 0.322. The summed E-state index contributed by atoms with van der Waals surface area (Å²) in [7, 11) is 0. The van der Waals surface area contributed by atoms with Crippen LogP contribution in [0.25, 0.3) is 17.5 Å². The first kappa shape index (κ1) is 19.7. The van der Waals surface area contributed by atoms with Crippen LogP contribution < -0.4 is 5.32 Å². The van der Waals surface area contributed by atoms with Crippen molar-refractivity contribution in [1.82, 2.24) is 14.8 Å². The zero-order valence-corrected chi connectivity index (χ0v) is 17.1. The fraction of sp³-hybridized carbons (Fsp3) is 0.0870. The lowest BCUT2D eigenvalue weighted by Crippen LogP contribution is -2.14. The SMILES string of the molecule is Cc1ccc(-c2nc(NCc3cccs3)n(C(=O)C=Cc3ccc(F)cc3)n2)cc1. The van der Waals surface area contributed by atoms with Crippen LogP contribution in [0.2, 0.25) is 0 Å². The number of thiophene rings is 1. The lowest BCUT2D eigenvalue weighted by molar-refractivity contribution is 0.0957. The van der Waals surface area contributed by atoms with Crippen LogP contribution in [-0.2, 0) is 6.54 Å². The van der Waals surface area contributed by atoms with E-state index < -0.39 is 0 Å². The van der Waals surface area contributed by atoms with E-state index in [0.717, 1.165) is 21.6 Å². The molecule has 0 aliphatic carbocycles. The quantitative estimate of drug-likeness (QED) is 0.425. The highest BCUT2D eigenvalue weighted by molar-refractivity contribution is 7.09. The third-order valence-corrected chi connectivity index (χ3v) is 5.29. The summed E-state index contributed by atoms with van der Waals surface area (Å²) in [6, 6.07) is 17.7. The maximum Gasteiger partial charge on any atom is 0.274 e. The average Bonchev–Trinajstić information content (AvgIpc) is 3.42. The molecule has 0 unspecified atom stereocenters. The average molecular weight is 418 g/mol. The van der Waals surface area contributed by atoms with Gasteiger partial charge in [-0.1, -0.05) is 48.0 Å². The molecule has 2 heterocycles. The van der Waals surface area contributed by atoms with Crippen molar-refractivity contribution in [2.24, 2.45) is 0 Å². The summed E-state index contributed by atoms with van der Waals surface area (Å²) >= 11 is 1.62. The van der Waals surface area contributed by atoms with Crippen molar-refractivity contribution in [3.63, 3.8) is 0 Å². The van der Waals surface area contributed by atoms with Gasteiger partial charge < -0.3 is 5.32 Å². The van der Waals surface area contributed by atoms with E-state index in [9.17, 15) is 9.18 Å². The maximum atomic E-state index is 13.1. The number of carbonyl (C=O) groups excluding carboxylic acids is 1. The molecule has 0 aliphatic heterocycles. The van der Waals surface area contributed by atoms with Crippen molar-refractivity contribution < 1.29 is 9.18 Å². The molecule has 0 saturated heterocycles. The molecule has 5 nitrogen and oxygen atoms in total. The van der Waals surface area contributed by atoms with Crippen molar-refractivity contribution >= 4 is 29.3 Å². The van der Waals surface area contributed by atoms with E-state index in [1.54, 1.807) is 29.5 Å². The Morgan fingerprint density at radius 3 is 2.60 bits per heavy atom. The number of halogens is 1. The van der Waals surface area contributed by atoms with E-state index in [1.165, 1.54) is 22.9 Å². The number of nitrogens with zero attached hydrogens (tertiary/aromatic N) is 3. The van der Waals surface area contributed by atoms with E-state index in [2.05, 4.69) is 15.4 Å². The van der Waals surface area contributed by atoms with Gasteiger partial charge in [0.2, 0.25) is 5.95 Å². The molecule has 0 amide bonds. The number of rotatable bonds is 6. The molecule has 0 radical (unpaired) electrons. The van der Waals surface area contributed by atoms with Gasteiger partial charge in [0.05, 0.1) is 6.54 Å². The van der Waals surface area contributed by atoms with Crippen molar-refractivity contribution in [2.75, 3.05) is 5.32 Å². The summed E-state index contributed by atoms with van der Waals surface area (Å²) in [6.07, 6.45) is 3.02. The molecule has 7 heteroatoms. The first-order valence-corrected chi connectivity index (χ1v) is 10.2. The van der Waals surface area contributed by atoms with E-state index >= 15 is 0 Å². The summed E-state index contributed by atoms with van der Waals surface area (Å²) < 4.78 is 14.3. The van der Waals surface area contributed by atoms with E-state index in [0.29, 0.717) is 18.3 Å². The lowest BCUT2D eigenvalue weighted by atomic mass is 10.1. The lowest BCUT2D eigenvalue weighted by Gasteiger charge is -2.04. The van der Waals surface area contributed by atoms with E-state index in [-0.39, 0.29) is 11.7 Å². The molecule has 4 aromatic rings. The van der Waals surface area contributed by atoms with Gasteiger partial charge in [0, 0.05) is 16.5 Å². The molecule has 150 valence electrons. The highest BCUT2D eigenvalue weighted by Gasteiger charge is 2.16. The summed E-state index contributed by atoms with van der Waals surface area (Å²) in [6.45, 7) is 2.55. The molecular formula is C23H19FN4OS. The molecule has 0 atom stereocenters. The van der Waals surface area contributed by atoms with Crippen LogP contribution in [0.3, 0.4) is 0 Å². The number of aryl methyl sites for hydroxylation is 1. The highest BCUT2D eigenvalue weighted by Crippen LogP contribution is 2.20. The minimum atomic E-state index is -0.348. The Kier molecular flexibility index (Phi) is 5.81. The molecule has 0 bridgehead atoms. The highest BCUT2D eigenvalue weighted by atomic mass is 32.1. The largest absolute Gasteiger partial charge is 0.349 e. The summed E-state index contributed by atoms with van der Waals surface area (Å²) in [5.41, 5.74) is 2.68. The number of nitrogens with one attached hydrogen (secondary N) is 1. The predicted molar refractivity (Wildman–Crippen MR) is 118 cm³/mol. The van der Waals surface area contributed by atoms with Gasteiger partial charge in [-0.15, -0.1) is 16.4 Å². The monoisotopic (exact) mass is 418 g/mol. The summed E-state index contributed by atoms with van der Waals surface area (Å²) in [4.78, 5) is 18.5. The standard InChI is InChI=1S/C23H19FN4OS/c1-16-4-9-18(10-5-16)22-26-23(25-15-20-3-2-14-30-20)28(27-22)21(29)13-8-17-6-11-19(24)12-7-17/h2-14H,15H2,1H3,(H,25,26,27). The summed E-state index contributed by atoms with van der Waals surface area (Å²) in [5.74, 6) is 0.163. The number of carbonyl (C=O) groups is 1. The molecule has 4 rings (SSSR count). The molecular weight excluding hydrogens is 399 g/mol. The van der Waals surface area contributed by atoms with Crippen LogP contribution >= 0.6 is 11.3 Å². The van der Waals surface area contributed by atoms with Gasteiger partial charge in [-0.3, -0.25) is 4.79 Å². The third-order valence-electron chi connectivity index (χ3n) is 4.41. The Labute approximate surface area is 177 Å². The molecule has 2 aromatic heterocycles. The van der Waals surface area contributed by atoms with Crippen molar-refractivity contribution in [1.29, 1.82) is 0 Å². The first-order valence-electron chi connectivity index (χ1n) is 9.37. The predicted octanol–water partition coefficient (Wildman–Crippen LogP) is 5.42. The topological polar surface area (TPSA) is 59.8 Å². The van der Waals surface area contributed by atoms with Gasteiger partial charge in [-0.2, -0.15) is 9.67 Å². The molecule has 2 aromatic carbocycles. The number of benzene rings is 2. The second-order valence-corrected chi connectivity index (χ2v) is 7.73. The fourth-order valence-corrected chi connectivity index (χ4v) is 3.44. The van der Waals surface area contributed by atoms with Crippen molar-refractivity contribution in [3.8, 4) is 11.4 Å². The Morgan fingerprint density at radius 2 is 1.90 bits per heavy atom. The Morgan fingerprint density at radius 1 is 1.13 bits per heavy atom. The molecule has 0 fully saturated rings. The molecule has 30 heavy (non-hydrogen) atoms. The zero-order chi connectivity index (χ0) is 20.9. The van der Waals surface area contributed by atoms with Gasteiger partial charge in [0.1, 0.15) is 5.82 Å². The third kappa shape index (κ3) is 4.69. The van der Waals surface area contributed by atoms with Crippen LogP contribution in [0.15, 0.2) is 72.1 Å². The number of allylic oxidation sites excluding steroid dienone is 1. The van der Waals surface area contributed by atoms with Crippen LogP contribution in [0.1, 0.15) is 20.8 Å². The first-order chi connectivity index (χ1) is 14.6. The van der Waals surface area contributed by atoms with Crippen LogP contribution in [0.5, 0.6) is 0 Å². The van der Waals surface area contributed by atoms with Gasteiger partial charge in [-0.25, -0.2) is 4.39 Å². The van der Waals surface area contributed by atoms with Crippen molar-refractivity contribution in [3.05, 3.63) is 93.9 Å². The normalized spacial score (nSPS) is 11.1. The molecule has 0 saturated carbocycles. The number of hydrogen-bond donors (Lipinski definition) is 1. The summed E-state index contributed by atoms with van der Waals surface area (Å²) in [5, 5.41) is 9.62. The van der Waals surface area contributed by atoms with Gasteiger partial charge in [0.15, 0.2) is 5.82 Å². The smallest absolute Gasteiger partial charge is 0.274 e. The number of aromatic nitrogens is 3. The number of anilines is 1. The number of hydrogen-bond acceptors (Lipinski definition) is 5. The van der Waals surface area contributed by atoms with Gasteiger partial charge in [-0.05, 0) is 42.1 Å². The van der Waals surface area contributed by atoms with Crippen LogP contribution in [-0.4, -0.2) is 20.7 Å². The fourth-order valence-electron chi connectivity index (χ4n) is 2.80. The molecule has 0 spiro atoms. The molecule has 0 aliphatic rings.